The highest BCUT2D eigenvalue weighted by Gasteiger charge is 2.21. The van der Waals surface area contributed by atoms with E-state index in [1.807, 2.05) is 60.7 Å². The molecule has 0 heterocycles. The smallest absolute Gasteiger partial charge is 0.245 e. The van der Waals surface area contributed by atoms with E-state index in [9.17, 15) is 9.59 Å². The first-order valence-electron chi connectivity index (χ1n) is 7.19. The van der Waals surface area contributed by atoms with Gasteiger partial charge in [0.25, 0.3) is 0 Å². The van der Waals surface area contributed by atoms with Crippen LogP contribution in [0.4, 0.5) is 0 Å². The van der Waals surface area contributed by atoms with Crippen molar-refractivity contribution in [1.82, 2.24) is 0 Å². The van der Waals surface area contributed by atoms with E-state index in [1.165, 1.54) is 0 Å². The average Bonchev–Trinajstić information content (AvgIpc) is 2.56. The monoisotopic (exact) mass is 309 g/mol. The number of nitrogens with two attached hydrogens (primary N) is 3. The molecule has 0 bridgehead atoms. The maximum absolute atomic E-state index is 12.0. The molecular formula is C18H19N3O2. The van der Waals surface area contributed by atoms with E-state index in [0.29, 0.717) is 5.57 Å². The molecule has 0 aliphatic carbocycles. The Morgan fingerprint density at radius 3 is 1.61 bits per heavy atom. The number of carbonyl (C=O) groups is 2. The van der Waals surface area contributed by atoms with Gasteiger partial charge in [-0.05, 0) is 16.7 Å². The number of primary amides is 2. The fourth-order valence-electron chi connectivity index (χ4n) is 2.37. The van der Waals surface area contributed by atoms with E-state index in [4.69, 9.17) is 17.2 Å². The summed E-state index contributed by atoms with van der Waals surface area (Å²) in [6.45, 7) is 0. The topological polar surface area (TPSA) is 112 Å². The first-order chi connectivity index (χ1) is 11.0. The van der Waals surface area contributed by atoms with Gasteiger partial charge < -0.3 is 17.2 Å². The fourth-order valence-corrected chi connectivity index (χ4v) is 2.37. The van der Waals surface area contributed by atoms with Crippen LogP contribution in [-0.4, -0.2) is 17.9 Å². The van der Waals surface area contributed by atoms with E-state index < -0.39 is 17.9 Å². The average molecular weight is 309 g/mol. The van der Waals surface area contributed by atoms with Crippen molar-refractivity contribution >= 4 is 17.4 Å². The zero-order valence-electron chi connectivity index (χ0n) is 12.6. The van der Waals surface area contributed by atoms with Crippen molar-refractivity contribution in [2.24, 2.45) is 17.2 Å². The van der Waals surface area contributed by atoms with Crippen LogP contribution in [0.3, 0.4) is 0 Å². The lowest BCUT2D eigenvalue weighted by molar-refractivity contribution is -0.119. The predicted octanol–water partition coefficient (Wildman–Crippen LogP) is 1.18. The standard InChI is InChI=1S/C18H19N3O2/c19-15(18(21)23)11-14(17(20)22)16(12-7-3-1-4-8-12)13-9-5-2-6-10-13/h1-10,15H,11,19H2,(H2,20,22)(H2,21,23). The van der Waals surface area contributed by atoms with Gasteiger partial charge in [-0.1, -0.05) is 60.7 Å². The molecule has 118 valence electrons. The van der Waals surface area contributed by atoms with Gasteiger partial charge in [0.05, 0.1) is 6.04 Å². The summed E-state index contributed by atoms with van der Waals surface area (Å²) in [5, 5.41) is 0. The van der Waals surface area contributed by atoms with Gasteiger partial charge >= 0.3 is 0 Å². The van der Waals surface area contributed by atoms with Crippen LogP contribution >= 0.6 is 0 Å². The largest absolute Gasteiger partial charge is 0.368 e. The lowest BCUT2D eigenvalue weighted by Gasteiger charge is -2.16. The molecule has 0 fully saturated rings. The Labute approximate surface area is 134 Å². The molecule has 0 saturated heterocycles. The predicted molar refractivity (Wildman–Crippen MR) is 89.9 cm³/mol. The maximum atomic E-state index is 12.0. The van der Waals surface area contributed by atoms with Crippen LogP contribution in [0.25, 0.3) is 5.57 Å². The first-order valence-corrected chi connectivity index (χ1v) is 7.19. The Bertz CT molecular complexity index is 683. The van der Waals surface area contributed by atoms with Gasteiger partial charge in [0, 0.05) is 12.0 Å². The van der Waals surface area contributed by atoms with Gasteiger partial charge in [0.15, 0.2) is 0 Å². The Morgan fingerprint density at radius 2 is 1.26 bits per heavy atom. The molecule has 23 heavy (non-hydrogen) atoms. The minimum atomic E-state index is -0.972. The molecule has 6 N–H and O–H groups in total. The molecule has 0 aromatic heterocycles. The summed E-state index contributed by atoms with van der Waals surface area (Å²) in [5.74, 6) is -1.30. The number of amides is 2. The Balaban J connectivity index is 2.65. The Kier molecular flexibility index (Phi) is 5.28. The number of hydrogen-bond donors (Lipinski definition) is 3. The molecule has 1 unspecified atom stereocenters. The molecule has 0 spiro atoms. The Hall–Kier alpha value is -2.92. The fraction of sp³-hybridized carbons (Fsp3) is 0.111. The zero-order chi connectivity index (χ0) is 16.8. The SMILES string of the molecule is NC(=O)C(CC(N)C(N)=O)=C(c1ccccc1)c1ccccc1. The van der Waals surface area contributed by atoms with Crippen molar-refractivity contribution in [3.8, 4) is 0 Å². The highest BCUT2D eigenvalue weighted by Crippen LogP contribution is 2.28. The molecule has 2 aromatic carbocycles. The van der Waals surface area contributed by atoms with Crippen molar-refractivity contribution in [2.75, 3.05) is 0 Å². The minimum Gasteiger partial charge on any atom is -0.368 e. The molecule has 2 rings (SSSR count). The summed E-state index contributed by atoms with van der Waals surface area (Å²) in [5.41, 5.74) is 19.1. The van der Waals surface area contributed by atoms with E-state index in [-0.39, 0.29) is 12.0 Å². The van der Waals surface area contributed by atoms with Crippen LogP contribution in [0.1, 0.15) is 17.5 Å². The molecule has 0 saturated carbocycles. The molecule has 5 heteroatoms. The van der Waals surface area contributed by atoms with Gasteiger partial charge in [0.1, 0.15) is 0 Å². The quantitative estimate of drug-likeness (QED) is 0.696. The van der Waals surface area contributed by atoms with E-state index in [0.717, 1.165) is 11.1 Å². The van der Waals surface area contributed by atoms with Crippen LogP contribution in [0.5, 0.6) is 0 Å². The van der Waals surface area contributed by atoms with Crippen LogP contribution in [0.2, 0.25) is 0 Å². The second kappa shape index (κ2) is 7.38. The summed E-state index contributed by atoms with van der Waals surface area (Å²) in [6, 6.07) is 17.8. The number of carbonyl (C=O) groups excluding carboxylic acids is 2. The van der Waals surface area contributed by atoms with Crippen LogP contribution in [0.15, 0.2) is 66.2 Å². The molecule has 1 atom stereocenters. The molecule has 2 aromatic rings. The van der Waals surface area contributed by atoms with Crippen molar-refractivity contribution in [3.05, 3.63) is 77.4 Å². The summed E-state index contributed by atoms with van der Waals surface area (Å²) in [4.78, 5) is 23.3. The highest BCUT2D eigenvalue weighted by molar-refractivity contribution is 6.04. The van der Waals surface area contributed by atoms with Gasteiger partial charge in [-0.25, -0.2) is 0 Å². The number of benzene rings is 2. The third kappa shape index (κ3) is 4.05. The van der Waals surface area contributed by atoms with Crippen molar-refractivity contribution in [3.63, 3.8) is 0 Å². The van der Waals surface area contributed by atoms with Crippen molar-refractivity contribution < 1.29 is 9.59 Å². The third-order valence-corrected chi connectivity index (χ3v) is 3.51. The van der Waals surface area contributed by atoms with E-state index in [1.54, 1.807) is 0 Å². The lowest BCUT2D eigenvalue weighted by Crippen LogP contribution is -2.38. The van der Waals surface area contributed by atoms with Crippen LogP contribution in [0, 0.1) is 0 Å². The second-order valence-corrected chi connectivity index (χ2v) is 5.16. The van der Waals surface area contributed by atoms with Gasteiger partial charge in [-0.15, -0.1) is 0 Å². The Morgan fingerprint density at radius 1 is 0.826 bits per heavy atom. The molecule has 0 aliphatic heterocycles. The van der Waals surface area contributed by atoms with Gasteiger partial charge in [0.2, 0.25) is 11.8 Å². The zero-order valence-corrected chi connectivity index (χ0v) is 12.6. The van der Waals surface area contributed by atoms with E-state index in [2.05, 4.69) is 0 Å². The van der Waals surface area contributed by atoms with Crippen molar-refractivity contribution in [2.45, 2.75) is 12.5 Å². The summed E-state index contributed by atoms with van der Waals surface area (Å²) in [7, 11) is 0. The summed E-state index contributed by atoms with van der Waals surface area (Å²) >= 11 is 0. The minimum absolute atomic E-state index is 0.0101. The summed E-state index contributed by atoms with van der Waals surface area (Å²) in [6.07, 6.45) is -0.0101. The van der Waals surface area contributed by atoms with Crippen molar-refractivity contribution in [1.29, 1.82) is 0 Å². The molecule has 0 radical (unpaired) electrons. The van der Waals surface area contributed by atoms with Crippen LogP contribution in [-0.2, 0) is 9.59 Å². The van der Waals surface area contributed by atoms with E-state index >= 15 is 0 Å². The first kappa shape index (κ1) is 16.5. The molecular weight excluding hydrogens is 290 g/mol. The maximum Gasteiger partial charge on any atom is 0.245 e. The second-order valence-electron chi connectivity index (χ2n) is 5.16. The van der Waals surface area contributed by atoms with Gasteiger partial charge in [-0.3, -0.25) is 9.59 Å². The lowest BCUT2D eigenvalue weighted by atomic mass is 9.89. The normalized spacial score (nSPS) is 11.5. The summed E-state index contributed by atoms with van der Waals surface area (Å²) < 4.78 is 0. The molecule has 2 amide bonds. The number of rotatable bonds is 6. The molecule has 5 nitrogen and oxygen atoms in total. The highest BCUT2D eigenvalue weighted by atomic mass is 16.1. The van der Waals surface area contributed by atoms with Gasteiger partial charge in [-0.2, -0.15) is 0 Å². The number of hydrogen-bond acceptors (Lipinski definition) is 3. The third-order valence-electron chi connectivity index (χ3n) is 3.51. The van der Waals surface area contributed by atoms with Crippen LogP contribution < -0.4 is 17.2 Å². The molecule has 0 aliphatic rings.